The number of carbonyl (C=O) groups is 2. The summed E-state index contributed by atoms with van der Waals surface area (Å²) in [5, 5.41) is 5.74. The van der Waals surface area contributed by atoms with E-state index in [2.05, 4.69) is 29.4 Å². The first-order valence-corrected chi connectivity index (χ1v) is 8.35. The van der Waals surface area contributed by atoms with Gasteiger partial charge >= 0.3 is 6.03 Å². The summed E-state index contributed by atoms with van der Waals surface area (Å²) in [7, 11) is 0. The van der Waals surface area contributed by atoms with Gasteiger partial charge in [0, 0.05) is 30.4 Å². The van der Waals surface area contributed by atoms with Gasteiger partial charge in [-0.15, -0.1) is 0 Å². The van der Waals surface area contributed by atoms with Crippen LogP contribution < -0.4 is 10.6 Å². The highest BCUT2D eigenvalue weighted by Crippen LogP contribution is 2.18. The third-order valence-corrected chi connectivity index (χ3v) is 4.36. The van der Waals surface area contributed by atoms with E-state index in [0.717, 1.165) is 19.5 Å². The lowest BCUT2D eigenvalue weighted by Crippen LogP contribution is -2.44. The van der Waals surface area contributed by atoms with E-state index in [0.29, 0.717) is 29.8 Å². The maximum absolute atomic E-state index is 12.0. The van der Waals surface area contributed by atoms with Crippen LogP contribution in [-0.2, 0) is 0 Å². The van der Waals surface area contributed by atoms with Crippen molar-refractivity contribution in [2.24, 2.45) is 5.92 Å². The number of hydrogen-bond acceptors (Lipinski definition) is 3. The molecule has 1 unspecified atom stereocenters. The standard InChI is InChI=1S/C18H27N3O2/c1-13(2)21-9-5-6-15(12-21)11-19-18(23)20-17-8-4-7-16(10-17)14(3)22/h4,7-8,10,13,15H,5-6,9,11-12H2,1-3H3,(H2,19,20,23). The second-order valence-corrected chi connectivity index (χ2v) is 6.57. The Bertz CT molecular complexity index is 557. The van der Waals surface area contributed by atoms with Gasteiger partial charge in [0.25, 0.3) is 0 Å². The van der Waals surface area contributed by atoms with Crippen LogP contribution in [0.15, 0.2) is 24.3 Å². The van der Waals surface area contributed by atoms with Crippen LogP contribution in [0.5, 0.6) is 0 Å². The van der Waals surface area contributed by atoms with Gasteiger partial charge in [0.05, 0.1) is 0 Å². The topological polar surface area (TPSA) is 61.4 Å². The highest BCUT2D eigenvalue weighted by atomic mass is 16.2. The molecule has 23 heavy (non-hydrogen) atoms. The highest BCUT2D eigenvalue weighted by Gasteiger charge is 2.21. The molecule has 1 aliphatic heterocycles. The molecule has 5 heteroatoms. The first-order chi connectivity index (χ1) is 11.0. The molecule has 2 amide bonds. The molecular weight excluding hydrogens is 290 g/mol. The predicted molar refractivity (Wildman–Crippen MR) is 92.9 cm³/mol. The molecule has 1 aliphatic rings. The maximum atomic E-state index is 12.0. The molecule has 5 nitrogen and oxygen atoms in total. The van der Waals surface area contributed by atoms with E-state index in [1.165, 1.54) is 13.3 Å². The molecule has 1 aromatic carbocycles. The molecule has 0 aromatic heterocycles. The number of likely N-dealkylation sites (tertiary alicyclic amines) is 1. The largest absolute Gasteiger partial charge is 0.338 e. The molecule has 1 atom stereocenters. The van der Waals surface area contributed by atoms with Crippen LogP contribution in [0.3, 0.4) is 0 Å². The van der Waals surface area contributed by atoms with Crippen molar-refractivity contribution in [1.82, 2.24) is 10.2 Å². The Morgan fingerprint density at radius 3 is 2.83 bits per heavy atom. The van der Waals surface area contributed by atoms with Gasteiger partial charge in [0.1, 0.15) is 0 Å². The molecule has 0 bridgehead atoms. The zero-order valence-corrected chi connectivity index (χ0v) is 14.3. The van der Waals surface area contributed by atoms with Crippen LogP contribution in [-0.4, -0.2) is 42.4 Å². The average Bonchev–Trinajstić information content (AvgIpc) is 2.53. The number of urea groups is 1. The Kier molecular flexibility index (Phi) is 6.16. The normalized spacial score (nSPS) is 18.7. The van der Waals surface area contributed by atoms with Crippen LogP contribution >= 0.6 is 0 Å². The van der Waals surface area contributed by atoms with E-state index < -0.39 is 0 Å². The maximum Gasteiger partial charge on any atom is 0.319 e. The van der Waals surface area contributed by atoms with Crippen molar-refractivity contribution >= 4 is 17.5 Å². The molecule has 0 saturated carbocycles. The number of benzene rings is 1. The van der Waals surface area contributed by atoms with Crippen molar-refractivity contribution in [2.45, 2.75) is 39.7 Å². The lowest BCUT2D eigenvalue weighted by molar-refractivity contribution is 0.101. The zero-order chi connectivity index (χ0) is 16.8. The van der Waals surface area contributed by atoms with Crippen molar-refractivity contribution in [3.8, 4) is 0 Å². The molecule has 0 aliphatic carbocycles. The Labute approximate surface area is 138 Å². The van der Waals surface area contributed by atoms with Crippen molar-refractivity contribution in [3.05, 3.63) is 29.8 Å². The molecule has 0 spiro atoms. The van der Waals surface area contributed by atoms with Gasteiger partial charge in [0.15, 0.2) is 5.78 Å². The fourth-order valence-corrected chi connectivity index (χ4v) is 2.96. The number of nitrogens with one attached hydrogen (secondary N) is 2. The lowest BCUT2D eigenvalue weighted by Gasteiger charge is -2.35. The molecule has 1 saturated heterocycles. The smallest absolute Gasteiger partial charge is 0.319 e. The summed E-state index contributed by atoms with van der Waals surface area (Å²) in [6, 6.07) is 7.34. The highest BCUT2D eigenvalue weighted by molar-refractivity contribution is 5.96. The van der Waals surface area contributed by atoms with Gasteiger partial charge in [-0.3, -0.25) is 4.79 Å². The van der Waals surface area contributed by atoms with Gasteiger partial charge in [-0.25, -0.2) is 4.79 Å². The van der Waals surface area contributed by atoms with Gasteiger partial charge in [-0.05, 0) is 58.2 Å². The second-order valence-electron chi connectivity index (χ2n) is 6.57. The summed E-state index contributed by atoms with van der Waals surface area (Å²) < 4.78 is 0. The first-order valence-electron chi connectivity index (χ1n) is 8.35. The number of rotatable bonds is 5. The molecule has 0 radical (unpaired) electrons. The summed E-state index contributed by atoms with van der Waals surface area (Å²) in [5.74, 6) is 0.491. The van der Waals surface area contributed by atoms with Crippen LogP contribution in [0.1, 0.15) is 44.0 Å². The van der Waals surface area contributed by atoms with Gasteiger partial charge < -0.3 is 15.5 Å². The number of anilines is 1. The van der Waals surface area contributed by atoms with Crippen LogP contribution in [0.25, 0.3) is 0 Å². The fourth-order valence-electron chi connectivity index (χ4n) is 2.96. The number of hydrogen-bond donors (Lipinski definition) is 2. The predicted octanol–water partition coefficient (Wildman–Crippen LogP) is 3.13. The zero-order valence-electron chi connectivity index (χ0n) is 14.3. The number of nitrogens with zero attached hydrogens (tertiary/aromatic N) is 1. The summed E-state index contributed by atoms with van der Waals surface area (Å²) in [5.41, 5.74) is 1.24. The van der Waals surface area contributed by atoms with E-state index in [4.69, 9.17) is 0 Å². The number of piperidine rings is 1. The van der Waals surface area contributed by atoms with E-state index in [-0.39, 0.29) is 11.8 Å². The average molecular weight is 317 g/mol. The third kappa shape index (κ3) is 5.36. The van der Waals surface area contributed by atoms with E-state index >= 15 is 0 Å². The quantitative estimate of drug-likeness (QED) is 0.820. The number of ketones is 1. The lowest BCUT2D eigenvalue weighted by atomic mass is 9.97. The van der Waals surface area contributed by atoms with Crippen LogP contribution in [0.4, 0.5) is 10.5 Å². The summed E-state index contributed by atoms with van der Waals surface area (Å²) in [6.07, 6.45) is 2.34. The van der Waals surface area contributed by atoms with Crippen molar-refractivity contribution in [3.63, 3.8) is 0 Å². The molecule has 2 rings (SSSR count). The van der Waals surface area contributed by atoms with Gasteiger partial charge in [0.2, 0.25) is 0 Å². The molecular formula is C18H27N3O2. The minimum absolute atomic E-state index is 0.00922. The number of Topliss-reactive ketones (excluding diaryl/α,β-unsaturated/α-hetero) is 1. The van der Waals surface area contributed by atoms with Crippen LogP contribution in [0.2, 0.25) is 0 Å². The minimum Gasteiger partial charge on any atom is -0.338 e. The molecule has 1 aromatic rings. The monoisotopic (exact) mass is 317 g/mol. The fraction of sp³-hybridized carbons (Fsp3) is 0.556. The Hall–Kier alpha value is -1.88. The van der Waals surface area contributed by atoms with Crippen molar-refractivity contribution < 1.29 is 9.59 Å². The SMILES string of the molecule is CC(=O)c1cccc(NC(=O)NCC2CCCN(C(C)C)C2)c1. The molecule has 2 N–H and O–H groups in total. The third-order valence-electron chi connectivity index (χ3n) is 4.36. The summed E-state index contributed by atoms with van der Waals surface area (Å²) in [6.45, 7) is 8.81. The van der Waals surface area contributed by atoms with E-state index in [1.54, 1.807) is 24.3 Å². The second kappa shape index (κ2) is 8.11. The van der Waals surface area contributed by atoms with Crippen molar-refractivity contribution in [1.29, 1.82) is 0 Å². The Morgan fingerprint density at radius 2 is 2.13 bits per heavy atom. The van der Waals surface area contributed by atoms with Gasteiger partial charge in [-0.2, -0.15) is 0 Å². The van der Waals surface area contributed by atoms with E-state index in [9.17, 15) is 9.59 Å². The van der Waals surface area contributed by atoms with Gasteiger partial charge in [-0.1, -0.05) is 12.1 Å². The molecule has 1 heterocycles. The van der Waals surface area contributed by atoms with Crippen molar-refractivity contribution in [2.75, 3.05) is 25.0 Å². The summed E-state index contributed by atoms with van der Waals surface area (Å²) in [4.78, 5) is 25.9. The van der Waals surface area contributed by atoms with E-state index in [1.807, 2.05) is 0 Å². The van der Waals surface area contributed by atoms with Crippen LogP contribution in [0, 0.1) is 5.92 Å². The number of amides is 2. The first kappa shape index (κ1) is 17.5. The Balaban J connectivity index is 1.81. The molecule has 1 fully saturated rings. The minimum atomic E-state index is -0.215. The summed E-state index contributed by atoms with van der Waals surface area (Å²) >= 11 is 0. The Morgan fingerprint density at radius 1 is 1.35 bits per heavy atom. The number of carbonyl (C=O) groups excluding carboxylic acids is 2. The molecule has 126 valence electrons.